The molecule has 1 N–H and O–H groups in total. The normalized spacial score (nSPS) is 22.6. The maximum absolute atomic E-state index is 13.0. The number of amides is 1. The van der Waals surface area contributed by atoms with E-state index in [2.05, 4.69) is 0 Å². The summed E-state index contributed by atoms with van der Waals surface area (Å²) in [4.78, 5) is 30.4. The summed E-state index contributed by atoms with van der Waals surface area (Å²) in [6, 6.07) is 8.67. The van der Waals surface area contributed by atoms with Crippen LogP contribution in [-0.2, 0) is 16.0 Å². The zero-order valence-electron chi connectivity index (χ0n) is 17.4. The molecule has 0 bridgehead atoms. The molecule has 1 aromatic carbocycles. The van der Waals surface area contributed by atoms with Crippen molar-refractivity contribution in [1.82, 2.24) is 9.80 Å². The molecule has 0 saturated carbocycles. The number of Topliss-reactive ketones (excluding diaryl/α,β-unsaturated/α-hetero) is 1. The first-order valence-corrected chi connectivity index (χ1v) is 11.0. The van der Waals surface area contributed by atoms with Gasteiger partial charge < -0.3 is 19.6 Å². The summed E-state index contributed by atoms with van der Waals surface area (Å²) in [5, 5.41) is 13.1. The summed E-state index contributed by atoms with van der Waals surface area (Å²) in [5.41, 5.74) is 1.71. The van der Waals surface area contributed by atoms with E-state index in [4.69, 9.17) is 4.74 Å². The Labute approximate surface area is 180 Å². The molecule has 2 unspecified atom stereocenters. The molecule has 1 amide bonds. The molecule has 1 aromatic heterocycles. The van der Waals surface area contributed by atoms with Gasteiger partial charge in [-0.15, -0.1) is 11.3 Å². The summed E-state index contributed by atoms with van der Waals surface area (Å²) in [5.74, 6) is -0.491. The zero-order valence-corrected chi connectivity index (χ0v) is 18.2. The lowest BCUT2D eigenvalue weighted by molar-refractivity contribution is -0.139. The number of ether oxygens (including phenoxy) is 1. The van der Waals surface area contributed by atoms with Crippen molar-refractivity contribution in [3.05, 3.63) is 57.3 Å². The fourth-order valence-electron chi connectivity index (χ4n) is 4.14. The Morgan fingerprint density at radius 3 is 2.80 bits per heavy atom. The SMILES string of the molecule is CC1Cc2cc(/C(O)=C3\C(=O)C(=O)N(CCCN(C)C)C3c3cccs3)ccc2O1. The minimum absolute atomic E-state index is 0.0887. The second kappa shape index (κ2) is 8.24. The van der Waals surface area contributed by atoms with Crippen LogP contribution < -0.4 is 4.74 Å². The molecule has 6 nitrogen and oxygen atoms in total. The van der Waals surface area contributed by atoms with Crippen LogP contribution in [0.3, 0.4) is 0 Å². The number of thiophene rings is 1. The second-order valence-electron chi connectivity index (χ2n) is 8.12. The zero-order chi connectivity index (χ0) is 21.4. The minimum Gasteiger partial charge on any atom is -0.507 e. The molecular formula is C23H26N2O4S. The van der Waals surface area contributed by atoms with Crippen LogP contribution in [0.2, 0.25) is 0 Å². The summed E-state index contributed by atoms with van der Waals surface area (Å²) in [6.07, 6.45) is 1.59. The van der Waals surface area contributed by atoms with Crippen LogP contribution in [0.1, 0.15) is 35.4 Å². The van der Waals surface area contributed by atoms with Crippen LogP contribution in [0.4, 0.5) is 0 Å². The van der Waals surface area contributed by atoms with Crippen molar-refractivity contribution in [1.29, 1.82) is 0 Å². The molecule has 158 valence electrons. The first kappa shape index (κ1) is 20.6. The van der Waals surface area contributed by atoms with Crippen molar-refractivity contribution in [2.75, 3.05) is 27.2 Å². The molecule has 0 aliphatic carbocycles. The topological polar surface area (TPSA) is 70.1 Å². The molecule has 0 radical (unpaired) electrons. The Morgan fingerprint density at radius 2 is 2.10 bits per heavy atom. The maximum atomic E-state index is 13.0. The van der Waals surface area contributed by atoms with Crippen molar-refractivity contribution in [3.63, 3.8) is 0 Å². The standard InChI is InChI=1S/C23H26N2O4S/c1-14-12-16-13-15(7-8-17(16)29-14)21(26)19-20(18-6-4-11-30-18)25(23(28)22(19)27)10-5-9-24(2)3/h4,6-8,11,13-14,20,26H,5,9-10,12H2,1-3H3/b21-19+. The van der Waals surface area contributed by atoms with Crippen LogP contribution >= 0.6 is 11.3 Å². The minimum atomic E-state index is -0.624. The molecule has 2 aliphatic rings. The van der Waals surface area contributed by atoms with E-state index in [1.54, 1.807) is 11.0 Å². The first-order chi connectivity index (χ1) is 14.4. The van der Waals surface area contributed by atoms with E-state index in [1.165, 1.54) is 11.3 Å². The van der Waals surface area contributed by atoms with Gasteiger partial charge in [-0.1, -0.05) is 6.07 Å². The van der Waals surface area contributed by atoms with Gasteiger partial charge in [0.15, 0.2) is 0 Å². The van der Waals surface area contributed by atoms with Gasteiger partial charge >= 0.3 is 0 Å². The number of carbonyl (C=O) groups excluding carboxylic acids is 2. The molecule has 2 atom stereocenters. The van der Waals surface area contributed by atoms with Gasteiger partial charge in [-0.05, 0) is 69.2 Å². The van der Waals surface area contributed by atoms with Gasteiger partial charge in [0.2, 0.25) is 0 Å². The van der Waals surface area contributed by atoms with Gasteiger partial charge in [0, 0.05) is 23.4 Å². The molecule has 1 fully saturated rings. The first-order valence-electron chi connectivity index (χ1n) is 10.1. The average Bonchev–Trinajstić information content (AvgIpc) is 3.40. The quantitative estimate of drug-likeness (QED) is 0.435. The van der Waals surface area contributed by atoms with Crippen molar-refractivity contribution in [2.45, 2.75) is 31.9 Å². The molecule has 3 heterocycles. The highest BCUT2D eigenvalue weighted by Gasteiger charge is 2.46. The number of nitrogens with zero attached hydrogens (tertiary/aromatic N) is 2. The predicted molar refractivity (Wildman–Crippen MR) is 117 cm³/mol. The molecular weight excluding hydrogens is 400 g/mol. The summed E-state index contributed by atoms with van der Waals surface area (Å²) < 4.78 is 5.74. The summed E-state index contributed by atoms with van der Waals surface area (Å²) in [6.45, 7) is 3.26. The smallest absolute Gasteiger partial charge is 0.295 e. The van der Waals surface area contributed by atoms with Crippen LogP contribution in [0.25, 0.3) is 5.76 Å². The van der Waals surface area contributed by atoms with Crippen LogP contribution in [0, 0.1) is 0 Å². The summed E-state index contributed by atoms with van der Waals surface area (Å²) >= 11 is 1.48. The lowest BCUT2D eigenvalue weighted by atomic mass is 9.98. The maximum Gasteiger partial charge on any atom is 0.295 e. The lowest BCUT2D eigenvalue weighted by Crippen LogP contribution is -2.32. The highest BCUT2D eigenvalue weighted by Crippen LogP contribution is 2.42. The van der Waals surface area contributed by atoms with E-state index >= 15 is 0 Å². The molecule has 2 aromatic rings. The van der Waals surface area contributed by atoms with Crippen molar-refractivity contribution >= 4 is 28.8 Å². The van der Waals surface area contributed by atoms with Crippen molar-refractivity contribution in [2.24, 2.45) is 0 Å². The van der Waals surface area contributed by atoms with Crippen molar-refractivity contribution in [3.8, 4) is 5.75 Å². The third-order valence-electron chi connectivity index (χ3n) is 5.53. The van der Waals surface area contributed by atoms with Gasteiger partial charge in [0.05, 0.1) is 11.6 Å². The van der Waals surface area contributed by atoms with E-state index < -0.39 is 17.7 Å². The van der Waals surface area contributed by atoms with E-state index in [0.717, 1.165) is 35.6 Å². The highest BCUT2D eigenvalue weighted by atomic mass is 32.1. The molecule has 7 heteroatoms. The third-order valence-corrected chi connectivity index (χ3v) is 6.45. The molecule has 0 spiro atoms. The Hall–Kier alpha value is -2.64. The Bertz CT molecular complexity index is 997. The van der Waals surface area contributed by atoms with Crippen molar-refractivity contribution < 1.29 is 19.4 Å². The van der Waals surface area contributed by atoms with Gasteiger partial charge in [0.25, 0.3) is 11.7 Å². The number of ketones is 1. The number of aliphatic hydroxyl groups excluding tert-OH is 1. The molecule has 4 rings (SSSR count). The monoisotopic (exact) mass is 426 g/mol. The van der Waals surface area contributed by atoms with Gasteiger partial charge in [-0.25, -0.2) is 0 Å². The predicted octanol–water partition coefficient (Wildman–Crippen LogP) is 3.44. The lowest BCUT2D eigenvalue weighted by Gasteiger charge is -2.24. The van der Waals surface area contributed by atoms with Gasteiger partial charge in [-0.3, -0.25) is 9.59 Å². The number of benzene rings is 1. The number of likely N-dealkylation sites (tertiary alicyclic amines) is 1. The number of fused-ring (bicyclic) bond motifs is 1. The molecule has 30 heavy (non-hydrogen) atoms. The Balaban J connectivity index is 1.74. The van der Waals surface area contributed by atoms with Crippen LogP contribution in [0.15, 0.2) is 41.3 Å². The highest BCUT2D eigenvalue weighted by molar-refractivity contribution is 7.10. The van der Waals surface area contributed by atoms with Crippen LogP contribution in [-0.4, -0.2) is 59.9 Å². The average molecular weight is 427 g/mol. The number of aliphatic hydroxyl groups is 1. The molecule has 1 saturated heterocycles. The van der Waals surface area contributed by atoms with E-state index in [9.17, 15) is 14.7 Å². The number of hydrogen-bond acceptors (Lipinski definition) is 6. The fourth-order valence-corrected chi connectivity index (χ4v) is 4.98. The Morgan fingerprint density at radius 1 is 1.30 bits per heavy atom. The third kappa shape index (κ3) is 3.75. The van der Waals surface area contributed by atoms with E-state index in [1.807, 2.05) is 55.6 Å². The second-order valence-corrected chi connectivity index (χ2v) is 9.10. The number of carbonyl (C=O) groups is 2. The Kier molecular flexibility index (Phi) is 5.66. The van der Waals surface area contributed by atoms with Crippen LogP contribution in [0.5, 0.6) is 5.75 Å². The largest absolute Gasteiger partial charge is 0.507 e. The number of hydrogen-bond donors (Lipinski definition) is 1. The van der Waals surface area contributed by atoms with Gasteiger partial charge in [0.1, 0.15) is 17.6 Å². The molecule has 2 aliphatic heterocycles. The fraction of sp³-hybridized carbons (Fsp3) is 0.391. The summed E-state index contributed by atoms with van der Waals surface area (Å²) in [7, 11) is 3.95. The number of rotatable bonds is 6. The van der Waals surface area contributed by atoms with E-state index in [0.29, 0.717) is 12.1 Å². The van der Waals surface area contributed by atoms with E-state index in [-0.39, 0.29) is 17.4 Å². The van der Waals surface area contributed by atoms with Gasteiger partial charge in [-0.2, -0.15) is 0 Å².